The number of hydrogen-bond acceptors (Lipinski definition) is 5. The highest BCUT2D eigenvalue weighted by Crippen LogP contribution is 2.21. The molecule has 3 heterocycles. The van der Waals surface area contributed by atoms with Crippen molar-refractivity contribution in [2.75, 3.05) is 6.54 Å². The molecule has 0 saturated carbocycles. The van der Waals surface area contributed by atoms with Crippen LogP contribution >= 0.6 is 11.3 Å². The zero-order valence-corrected chi connectivity index (χ0v) is 14.2. The van der Waals surface area contributed by atoms with Crippen LogP contribution in [-0.2, 0) is 20.6 Å². The molecule has 0 aliphatic carbocycles. The molecule has 0 spiro atoms. The summed E-state index contributed by atoms with van der Waals surface area (Å²) in [5, 5.41) is 3.21. The molecular weight excluding hydrogens is 330 g/mol. The van der Waals surface area contributed by atoms with Gasteiger partial charge in [-0.1, -0.05) is 0 Å². The van der Waals surface area contributed by atoms with Crippen molar-refractivity contribution in [3.8, 4) is 0 Å². The van der Waals surface area contributed by atoms with Gasteiger partial charge in [-0.15, -0.1) is 11.3 Å². The van der Waals surface area contributed by atoms with Crippen molar-refractivity contribution in [3.63, 3.8) is 0 Å². The van der Waals surface area contributed by atoms with E-state index in [0.717, 1.165) is 28.9 Å². The van der Waals surface area contributed by atoms with E-state index in [-0.39, 0.29) is 11.5 Å². The first kappa shape index (κ1) is 16.2. The molecule has 0 unspecified atom stereocenters. The van der Waals surface area contributed by atoms with E-state index in [1.807, 2.05) is 10.8 Å². The van der Waals surface area contributed by atoms with E-state index in [9.17, 15) is 14.4 Å². The van der Waals surface area contributed by atoms with Crippen LogP contribution in [0.15, 0.2) is 34.4 Å². The van der Waals surface area contributed by atoms with Gasteiger partial charge in [0.15, 0.2) is 0 Å². The molecule has 1 amide bonds. The normalized spacial score (nSPS) is 11.1. The van der Waals surface area contributed by atoms with E-state index < -0.39 is 5.69 Å². The number of imidazole rings is 1. The summed E-state index contributed by atoms with van der Waals surface area (Å²) in [6.45, 7) is 1.28. The zero-order chi connectivity index (χ0) is 17.3. The fourth-order valence-corrected chi connectivity index (χ4v) is 3.47. The van der Waals surface area contributed by atoms with Crippen LogP contribution < -0.4 is 16.6 Å². The second-order valence-electron chi connectivity index (χ2n) is 5.45. The van der Waals surface area contributed by atoms with Gasteiger partial charge >= 0.3 is 5.69 Å². The van der Waals surface area contributed by atoms with Gasteiger partial charge in [0, 0.05) is 39.6 Å². The van der Waals surface area contributed by atoms with Crippen LogP contribution in [0.4, 0.5) is 0 Å². The maximum Gasteiger partial charge on any atom is 0.331 e. The predicted molar refractivity (Wildman–Crippen MR) is 91.5 cm³/mol. The van der Waals surface area contributed by atoms with E-state index in [0.29, 0.717) is 21.6 Å². The number of carbonyl (C=O) groups is 1. The Morgan fingerprint density at radius 1 is 1.29 bits per heavy atom. The third kappa shape index (κ3) is 2.90. The molecule has 3 rings (SSSR count). The highest BCUT2D eigenvalue weighted by Gasteiger charge is 2.16. The third-order valence-electron chi connectivity index (χ3n) is 3.79. The number of amides is 1. The number of hydrogen-bond donors (Lipinski definition) is 1. The van der Waals surface area contributed by atoms with Crippen LogP contribution in [0.25, 0.3) is 10.2 Å². The van der Waals surface area contributed by atoms with E-state index >= 15 is 0 Å². The van der Waals surface area contributed by atoms with Crippen LogP contribution in [-0.4, -0.2) is 31.1 Å². The molecule has 0 radical (unpaired) electrons. The molecule has 1 N–H and O–H groups in total. The molecule has 0 aliphatic rings. The van der Waals surface area contributed by atoms with Gasteiger partial charge in [-0.3, -0.25) is 18.7 Å². The molecule has 0 aromatic carbocycles. The van der Waals surface area contributed by atoms with E-state index in [2.05, 4.69) is 10.3 Å². The number of aryl methyl sites for hydroxylation is 2. The molecule has 0 aliphatic heterocycles. The standard InChI is InChI=1S/C15H17N5O3S/c1-18-13(22)10-8-11(24-14(10)19(2)15(18)23)12(21)17-4-3-6-20-7-5-16-9-20/h5,7-9H,3-4,6H2,1-2H3,(H,17,21). The average molecular weight is 347 g/mol. The molecule has 0 atom stereocenters. The first-order valence-electron chi connectivity index (χ1n) is 7.42. The Labute approximate surface area is 141 Å². The van der Waals surface area contributed by atoms with Crippen molar-refractivity contribution >= 4 is 27.5 Å². The fourth-order valence-electron chi connectivity index (χ4n) is 2.44. The van der Waals surface area contributed by atoms with Crippen molar-refractivity contribution in [2.45, 2.75) is 13.0 Å². The van der Waals surface area contributed by atoms with Crippen LogP contribution in [0, 0.1) is 0 Å². The molecule has 3 aromatic heterocycles. The number of nitrogens with one attached hydrogen (secondary N) is 1. The summed E-state index contributed by atoms with van der Waals surface area (Å²) in [6, 6.07) is 1.55. The zero-order valence-electron chi connectivity index (χ0n) is 13.4. The maximum atomic E-state index is 12.3. The Balaban J connectivity index is 1.73. The van der Waals surface area contributed by atoms with Crippen LogP contribution in [0.5, 0.6) is 0 Å². The van der Waals surface area contributed by atoms with E-state index in [1.54, 1.807) is 25.6 Å². The van der Waals surface area contributed by atoms with E-state index in [4.69, 9.17) is 0 Å². The number of thiophene rings is 1. The SMILES string of the molecule is Cn1c(=O)c2cc(C(=O)NCCCn3ccnc3)sc2n(C)c1=O. The van der Waals surface area contributed by atoms with Crippen LogP contribution in [0.3, 0.4) is 0 Å². The Morgan fingerprint density at radius 3 is 2.79 bits per heavy atom. The van der Waals surface area contributed by atoms with Gasteiger partial charge in [-0.25, -0.2) is 9.78 Å². The molecule has 3 aromatic rings. The first-order valence-corrected chi connectivity index (χ1v) is 8.24. The highest BCUT2D eigenvalue weighted by molar-refractivity contribution is 7.20. The van der Waals surface area contributed by atoms with Crippen LogP contribution in [0.1, 0.15) is 16.1 Å². The molecule has 126 valence electrons. The van der Waals surface area contributed by atoms with Crippen molar-refractivity contribution in [3.05, 3.63) is 50.5 Å². The van der Waals surface area contributed by atoms with Gasteiger partial charge < -0.3 is 9.88 Å². The van der Waals surface area contributed by atoms with Crippen molar-refractivity contribution in [2.24, 2.45) is 14.1 Å². The Kier molecular flexibility index (Phi) is 4.34. The summed E-state index contributed by atoms with van der Waals surface area (Å²) in [4.78, 5) is 41.2. The van der Waals surface area contributed by atoms with Crippen molar-refractivity contribution < 1.29 is 4.79 Å². The van der Waals surface area contributed by atoms with Gasteiger partial charge in [-0.05, 0) is 12.5 Å². The largest absolute Gasteiger partial charge is 0.351 e. The second kappa shape index (κ2) is 6.44. The smallest absolute Gasteiger partial charge is 0.331 e. The number of rotatable bonds is 5. The quantitative estimate of drug-likeness (QED) is 0.673. The lowest BCUT2D eigenvalue weighted by Crippen LogP contribution is -2.36. The van der Waals surface area contributed by atoms with E-state index in [1.165, 1.54) is 11.6 Å². The Hall–Kier alpha value is -2.68. The first-order chi connectivity index (χ1) is 11.5. The highest BCUT2D eigenvalue weighted by atomic mass is 32.1. The lowest BCUT2D eigenvalue weighted by molar-refractivity contribution is 0.0957. The molecular formula is C15H17N5O3S. The Bertz CT molecular complexity index is 997. The minimum Gasteiger partial charge on any atom is -0.351 e. The van der Waals surface area contributed by atoms with Gasteiger partial charge in [0.05, 0.1) is 16.6 Å². The lowest BCUT2D eigenvalue weighted by Gasteiger charge is -2.04. The lowest BCUT2D eigenvalue weighted by atomic mass is 10.3. The van der Waals surface area contributed by atoms with Gasteiger partial charge in [0.1, 0.15) is 4.83 Å². The molecule has 9 heteroatoms. The average Bonchev–Trinajstić information content (AvgIpc) is 3.24. The number of aromatic nitrogens is 4. The van der Waals surface area contributed by atoms with Crippen molar-refractivity contribution in [1.82, 2.24) is 24.0 Å². The van der Waals surface area contributed by atoms with Gasteiger partial charge in [-0.2, -0.15) is 0 Å². The second-order valence-corrected chi connectivity index (χ2v) is 6.48. The molecule has 0 saturated heterocycles. The summed E-state index contributed by atoms with van der Waals surface area (Å²) in [5.74, 6) is -0.240. The third-order valence-corrected chi connectivity index (χ3v) is 5.00. The maximum absolute atomic E-state index is 12.3. The van der Waals surface area contributed by atoms with Gasteiger partial charge in [0.2, 0.25) is 0 Å². The molecule has 24 heavy (non-hydrogen) atoms. The summed E-state index contributed by atoms with van der Waals surface area (Å²) in [6.07, 6.45) is 6.07. The number of carbonyl (C=O) groups excluding carboxylic acids is 1. The topological polar surface area (TPSA) is 90.9 Å². The molecule has 0 fully saturated rings. The van der Waals surface area contributed by atoms with Crippen molar-refractivity contribution in [1.29, 1.82) is 0 Å². The Morgan fingerprint density at radius 2 is 2.08 bits per heavy atom. The van der Waals surface area contributed by atoms with Gasteiger partial charge in [0.25, 0.3) is 11.5 Å². The predicted octanol–water partition coefficient (Wildman–Crippen LogP) is 0.315. The number of fused-ring (bicyclic) bond motifs is 1. The monoisotopic (exact) mass is 347 g/mol. The summed E-state index contributed by atoms with van der Waals surface area (Å²) < 4.78 is 4.37. The summed E-state index contributed by atoms with van der Waals surface area (Å²) >= 11 is 1.15. The van der Waals surface area contributed by atoms with Crippen LogP contribution in [0.2, 0.25) is 0 Å². The summed E-state index contributed by atoms with van der Waals surface area (Å²) in [5.41, 5.74) is -0.787. The minimum absolute atomic E-state index is 0.240. The molecule has 0 bridgehead atoms. The minimum atomic E-state index is -0.401. The molecule has 8 nitrogen and oxygen atoms in total. The summed E-state index contributed by atoms with van der Waals surface area (Å²) in [7, 11) is 3.02. The number of nitrogens with zero attached hydrogens (tertiary/aromatic N) is 4. The fraction of sp³-hybridized carbons (Fsp3) is 0.333.